The highest BCUT2D eigenvalue weighted by atomic mass is 35.5. The van der Waals surface area contributed by atoms with Crippen molar-refractivity contribution in [3.05, 3.63) is 34.9 Å². The topological polar surface area (TPSA) is 63.7 Å². The number of hydrogen-bond donors (Lipinski definition) is 0. The summed E-state index contributed by atoms with van der Waals surface area (Å²) in [7, 11) is -1.61. The Balaban J connectivity index is 2.75. The first-order valence-corrected chi connectivity index (χ1v) is 8.95. The minimum Gasteiger partial charge on any atom is -0.383 e. The molecule has 0 bridgehead atoms. The van der Waals surface area contributed by atoms with Crippen molar-refractivity contribution in [3.63, 3.8) is 0 Å². The Morgan fingerprint density at radius 2 is 2.00 bits per heavy atom. The second-order valence-electron chi connectivity index (χ2n) is 4.78. The normalized spacial score (nSPS) is 11.4. The summed E-state index contributed by atoms with van der Waals surface area (Å²) in [4.78, 5) is 13.7. The van der Waals surface area contributed by atoms with Gasteiger partial charge in [0.2, 0.25) is 5.91 Å². The van der Waals surface area contributed by atoms with Crippen molar-refractivity contribution >= 4 is 27.3 Å². The molecule has 0 aromatic heterocycles. The number of halogens is 1. The van der Waals surface area contributed by atoms with Crippen molar-refractivity contribution in [1.82, 2.24) is 4.90 Å². The molecule has 1 aromatic carbocycles. The zero-order chi connectivity index (χ0) is 15.9. The summed E-state index contributed by atoms with van der Waals surface area (Å²) in [6.07, 6.45) is 1.08. The number of sulfone groups is 1. The summed E-state index contributed by atoms with van der Waals surface area (Å²) in [6.45, 7) is 1.12. The molecule has 0 heterocycles. The molecule has 0 radical (unpaired) electrons. The maximum absolute atomic E-state index is 12.2. The van der Waals surface area contributed by atoms with Gasteiger partial charge in [-0.25, -0.2) is 8.42 Å². The molecule has 0 spiro atoms. The lowest BCUT2D eigenvalue weighted by atomic mass is 10.2. The van der Waals surface area contributed by atoms with Crippen LogP contribution in [0.5, 0.6) is 0 Å². The van der Waals surface area contributed by atoms with Crippen molar-refractivity contribution in [2.75, 3.05) is 32.3 Å². The number of carbonyl (C=O) groups excluding carboxylic acids is 1. The molecule has 0 N–H and O–H groups in total. The van der Waals surface area contributed by atoms with Gasteiger partial charge in [-0.3, -0.25) is 4.79 Å². The second kappa shape index (κ2) is 8.36. The van der Waals surface area contributed by atoms with Gasteiger partial charge in [0.15, 0.2) is 0 Å². The molecule has 1 rings (SSSR count). The first-order valence-electron chi connectivity index (χ1n) is 6.51. The number of ether oxygens (including phenoxy) is 1. The number of methoxy groups -OCH3 is 1. The lowest BCUT2D eigenvalue weighted by molar-refractivity contribution is -0.132. The zero-order valence-electron chi connectivity index (χ0n) is 12.2. The quantitative estimate of drug-likeness (QED) is 0.727. The van der Waals surface area contributed by atoms with Gasteiger partial charge in [-0.15, -0.1) is 0 Å². The molecule has 0 aliphatic heterocycles. The maximum Gasteiger partial charge on any atom is 0.223 e. The monoisotopic (exact) mass is 333 g/mol. The molecule has 5 nitrogen and oxygen atoms in total. The van der Waals surface area contributed by atoms with Gasteiger partial charge in [-0.2, -0.15) is 0 Å². The first-order chi connectivity index (χ1) is 9.83. The molecule has 0 saturated heterocycles. The smallest absolute Gasteiger partial charge is 0.223 e. The summed E-state index contributed by atoms with van der Waals surface area (Å²) in [5.41, 5.74) is 0.822. The van der Waals surface area contributed by atoms with E-state index in [4.69, 9.17) is 16.3 Å². The minimum atomic E-state index is -3.16. The Morgan fingerprint density at radius 3 is 2.57 bits per heavy atom. The predicted molar refractivity (Wildman–Crippen MR) is 83.1 cm³/mol. The Morgan fingerprint density at radius 1 is 1.33 bits per heavy atom. The fourth-order valence-electron chi connectivity index (χ4n) is 1.76. The van der Waals surface area contributed by atoms with Crippen molar-refractivity contribution < 1.29 is 17.9 Å². The maximum atomic E-state index is 12.2. The van der Waals surface area contributed by atoms with E-state index in [-0.39, 0.29) is 18.1 Å². The number of amides is 1. The van der Waals surface area contributed by atoms with Crippen LogP contribution in [0, 0.1) is 0 Å². The predicted octanol–water partition coefficient (Wildman–Crippen LogP) is 1.75. The van der Waals surface area contributed by atoms with Crippen LogP contribution in [0.15, 0.2) is 24.3 Å². The SMILES string of the molecule is COCCN(Cc1ccccc1Cl)C(=O)CCS(C)(=O)=O. The van der Waals surface area contributed by atoms with Crippen LogP contribution in [-0.2, 0) is 25.9 Å². The molecule has 7 heteroatoms. The summed E-state index contributed by atoms with van der Waals surface area (Å²) >= 11 is 6.09. The standard InChI is InChI=1S/C14H20ClNO4S/c1-20-9-8-16(14(17)7-10-21(2,18)19)11-12-5-3-4-6-13(12)15/h3-6H,7-11H2,1-2H3. The summed E-state index contributed by atoms with van der Waals surface area (Å²) in [6, 6.07) is 7.26. The third kappa shape index (κ3) is 6.93. The summed E-state index contributed by atoms with van der Waals surface area (Å²) in [5, 5.41) is 0.579. The minimum absolute atomic E-state index is 0.0347. The molecule has 0 unspecified atom stereocenters. The highest BCUT2D eigenvalue weighted by Gasteiger charge is 2.17. The van der Waals surface area contributed by atoms with Gasteiger partial charge in [0.25, 0.3) is 0 Å². The van der Waals surface area contributed by atoms with E-state index >= 15 is 0 Å². The van der Waals surface area contributed by atoms with Crippen LogP contribution in [0.3, 0.4) is 0 Å². The van der Waals surface area contributed by atoms with Gasteiger partial charge in [-0.05, 0) is 11.6 Å². The van der Waals surface area contributed by atoms with Gasteiger partial charge >= 0.3 is 0 Å². The molecular weight excluding hydrogens is 314 g/mol. The molecule has 1 amide bonds. The number of nitrogens with zero attached hydrogens (tertiary/aromatic N) is 1. The Labute approximate surface area is 130 Å². The van der Waals surface area contributed by atoms with Gasteiger partial charge in [0.05, 0.1) is 12.4 Å². The lowest BCUT2D eigenvalue weighted by Crippen LogP contribution is -2.34. The molecular formula is C14H20ClNO4S. The number of carbonyl (C=O) groups is 1. The van der Waals surface area contributed by atoms with E-state index < -0.39 is 9.84 Å². The average molecular weight is 334 g/mol. The third-order valence-electron chi connectivity index (χ3n) is 2.92. The molecule has 0 atom stereocenters. The molecule has 0 saturated carbocycles. The van der Waals surface area contributed by atoms with Crippen LogP contribution in [0.2, 0.25) is 5.02 Å². The lowest BCUT2D eigenvalue weighted by Gasteiger charge is -2.23. The number of rotatable bonds is 8. The highest BCUT2D eigenvalue weighted by Crippen LogP contribution is 2.17. The Bertz CT molecular complexity index is 574. The van der Waals surface area contributed by atoms with E-state index in [2.05, 4.69) is 0 Å². The molecule has 0 fully saturated rings. The van der Waals surface area contributed by atoms with Crippen molar-refractivity contribution in [3.8, 4) is 0 Å². The van der Waals surface area contributed by atoms with Crippen LogP contribution in [0.25, 0.3) is 0 Å². The molecule has 118 valence electrons. The molecule has 0 aliphatic rings. The number of benzene rings is 1. The van der Waals surface area contributed by atoms with E-state index in [9.17, 15) is 13.2 Å². The second-order valence-corrected chi connectivity index (χ2v) is 7.45. The van der Waals surface area contributed by atoms with E-state index in [0.717, 1.165) is 11.8 Å². The van der Waals surface area contributed by atoms with E-state index in [0.29, 0.717) is 24.7 Å². The van der Waals surface area contributed by atoms with Gasteiger partial charge in [-0.1, -0.05) is 29.8 Å². The number of hydrogen-bond acceptors (Lipinski definition) is 4. The van der Waals surface area contributed by atoms with Crippen LogP contribution in [0.4, 0.5) is 0 Å². The molecule has 0 aliphatic carbocycles. The zero-order valence-corrected chi connectivity index (χ0v) is 13.8. The van der Waals surface area contributed by atoms with E-state index in [1.165, 1.54) is 0 Å². The fraction of sp³-hybridized carbons (Fsp3) is 0.500. The van der Waals surface area contributed by atoms with Gasteiger partial charge in [0, 0.05) is 37.9 Å². The fourth-order valence-corrected chi connectivity index (χ4v) is 2.50. The van der Waals surface area contributed by atoms with E-state index in [1.807, 2.05) is 18.2 Å². The summed E-state index contributed by atoms with van der Waals surface area (Å²) in [5.74, 6) is -0.380. The van der Waals surface area contributed by atoms with Gasteiger partial charge < -0.3 is 9.64 Å². The van der Waals surface area contributed by atoms with E-state index in [1.54, 1.807) is 18.1 Å². The van der Waals surface area contributed by atoms with Crippen LogP contribution in [0.1, 0.15) is 12.0 Å². The first kappa shape index (κ1) is 17.9. The van der Waals surface area contributed by atoms with Crippen molar-refractivity contribution in [2.45, 2.75) is 13.0 Å². The summed E-state index contributed by atoms with van der Waals surface area (Å²) < 4.78 is 27.3. The van der Waals surface area contributed by atoms with Crippen LogP contribution >= 0.6 is 11.6 Å². The average Bonchev–Trinajstić information content (AvgIpc) is 2.42. The van der Waals surface area contributed by atoms with Crippen molar-refractivity contribution in [1.29, 1.82) is 0 Å². The largest absolute Gasteiger partial charge is 0.383 e. The van der Waals surface area contributed by atoms with Crippen molar-refractivity contribution in [2.24, 2.45) is 0 Å². The molecule has 21 heavy (non-hydrogen) atoms. The highest BCUT2D eigenvalue weighted by molar-refractivity contribution is 7.90. The van der Waals surface area contributed by atoms with Crippen LogP contribution < -0.4 is 0 Å². The van der Waals surface area contributed by atoms with Gasteiger partial charge in [0.1, 0.15) is 9.84 Å². The van der Waals surface area contributed by atoms with Crippen LogP contribution in [-0.4, -0.2) is 51.5 Å². The molecule has 1 aromatic rings. The Hall–Kier alpha value is -1.11. The Kier molecular flexibility index (Phi) is 7.14. The third-order valence-corrected chi connectivity index (χ3v) is 4.24.